The van der Waals surface area contributed by atoms with Crippen LogP contribution < -0.4 is 14.8 Å². The Morgan fingerprint density at radius 3 is 2.57 bits per heavy atom. The van der Waals surface area contributed by atoms with E-state index in [0.717, 1.165) is 5.56 Å². The molecule has 1 amide bonds. The van der Waals surface area contributed by atoms with Crippen LogP contribution in [-0.4, -0.2) is 33.2 Å². The Labute approximate surface area is 125 Å². The van der Waals surface area contributed by atoms with Crippen molar-refractivity contribution in [2.24, 2.45) is 0 Å². The molecule has 0 heterocycles. The van der Waals surface area contributed by atoms with Crippen LogP contribution in [0.5, 0.6) is 5.75 Å². The quantitative estimate of drug-likeness (QED) is 0.762. The molecule has 0 radical (unpaired) electrons. The molecule has 0 unspecified atom stereocenters. The zero-order valence-electron chi connectivity index (χ0n) is 12.6. The molecule has 0 spiro atoms. The van der Waals surface area contributed by atoms with Crippen LogP contribution in [0.15, 0.2) is 18.2 Å². The maximum Gasteiger partial charge on any atom is 0.221 e. The average molecular weight is 314 g/mol. The lowest BCUT2D eigenvalue weighted by atomic mass is 10.1. The molecular formula is C14H22N2O4S. The predicted molar refractivity (Wildman–Crippen MR) is 83.1 cm³/mol. The van der Waals surface area contributed by atoms with Crippen molar-refractivity contribution in [3.63, 3.8) is 0 Å². The van der Waals surface area contributed by atoms with Crippen LogP contribution in [0.3, 0.4) is 0 Å². The van der Waals surface area contributed by atoms with Crippen LogP contribution in [-0.2, 0) is 21.2 Å². The lowest BCUT2D eigenvalue weighted by Crippen LogP contribution is -2.27. The van der Waals surface area contributed by atoms with Gasteiger partial charge < -0.3 is 10.1 Å². The van der Waals surface area contributed by atoms with Gasteiger partial charge in [0.1, 0.15) is 5.75 Å². The van der Waals surface area contributed by atoms with E-state index in [-0.39, 0.29) is 11.7 Å². The number of hydrogen-bond donors (Lipinski definition) is 2. The van der Waals surface area contributed by atoms with Crippen molar-refractivity contribution in [2.75, 3.05) is 24.2 Å². The van der Waals surface area contributed by atoms with Gasteiger partial charge in [0.2, 0.25) is 15.9 Å². The summed E-state index contributed by atoms with van der Waals surface area (Å²) in [5.41, 5.74) is 1.52. The number of sulfonamides is 1. The maximum atomic E-state index is 11.4. The van der Waals surface area contributed by atoms with Crippen molar-refractivity contribution in [1.82, 2.24) is 4.72 Å². The summed E-state index contributed by atoms with van der Waals surface area (Å²) in [4.78, 5) is 11.2. The number of nitrogens with one attached hydrogen (secondary N) is 2. The number of carbonyl (C=O) groups is 1. The van der Waals surface area contributed by atoms with Crippen LogP contribution in [0.25, 0.3) is 0 Å². The Bertz CT molecular complexity index is 585. The molecule has 1 aromatic carbocycles. The summed E-state index contributed by atoms with van der Waals surface area (Å²) in [6, 6.07) is 5.43. The highest BCUT2D eigenvalue weighted by molar-refractivity contribution is 7.89. The van der Waals surface area contributed by atoms with E-state index in [9.17, 15) is 13.2 Å². The number of carbonyl (C=O) groups excluding carboxylic acids is 1. The van der Waals surface area contributed by atoms with Crippen LogP contribution in [0.2, 0.25) is 0 Å². The Kier molecular flexibility index (Phi) is 6.64. The van der Waals surface area contributed by atoms with Gasteiger partial charge in [-0.2, -0.15) is 0 Å². The number of ether oxygens (including phenoxy) is 1. The van der Waals surface area contributed by atoms with Gasteiger partial charge in [0.25, 0.3) is 0 Å². The molecule has 1 aromatic rings. The van der Waals surface area contributed by atoms with Crippen LogP contribution in [0.1, 0.15) is 26.3 Å². The average Bonchev–Trinajstić information content (AvgIpc) is 2.41. The number of benzene rings is 1. The van der Waals surface area contributed by atoms with Gasteiger partial charge in [-0.15, -0.1) is 0 Å². The number of amides is 1. The van der Waals surface area contributed by atoms with Crippen molar-refractivity contribution in [3.05, 3.63) is 23.8 Å². The second-order valence-corrected chi connectivity index (χ2v) is 6.59. The zero-order valence-corrected chi connectivity index (χ0v) is 13.4. The highest BCUT2D eigenvalue weighted by Gasteiger charge is 2.08. The second kappa shape index (κ2) is 7.99. The van der Waals surface area contributed by atoms with Gasteiger partial charge in [0.05, 0.1) is 18.0 Å². The molecular weight excluding hydrogens is 292 g/mol. The van der Waals surface area contributed by atoms with Gasteiger partial charge in [-0.3, -0.25) is 4.79 Å². The first-order valence-electron chi connectivity index (χ1n) is 6.88. The minimum atomic E-state index is -3.18. The lowest BCUT2D eigenvalue weighted by molar-refractivity contribution is -0.114. The monoisotopic (exact) mass is 314 g/mol. The van der Waals surface area contributed by atoms with Gasteiger partial charge in [0.15, 0.2) is 0 Å². The fraction of sp³-hybridized carbons (Fsp3) is 0.500. The molecule has 0 bridgehead atoms. The summed E-state index contributed by atoms with van der Waals surface area (Å²) in [6.45, 7) is 5.71. The summed E-state index contributed by atoms with van der Waals surface area (Å²) >= 11 is 0. The highest BCUT2D eigenvalue weighted by Crippen LogP contribution is 2.26. The topological polar surface area (TPSA) is 84.5 Å². The van der Waals surface area contributed by atoms with Crippen LogP contribution in [0, 0.1) is 0 Å². The zero-order chi connectivity index (χ0) is 15.9. The standard InChI is InChI=1S/C14H22N2O4S/c1-4-20-14-7-6-12(10-13(14)16-11(3)17)8-9-15-21(18,19)5-2/h6-7,10,15H,4-5,8-9H2,1-3H3,(H,16,17). The molecule has 0 fully saturated rings. The minimum Gasteiger partial charge on any atom is -0.492 e. The van der Waals surface area contributed by atoms with E-state index in [1.807, 2.05) is 13.0 Å². The first-order valence-corrected chi connectivity index (χ1v) is 8.53. The highest BCUT2D eigenvalue weighted by atomic mass is 32.2. The van der Waals surface area contributed by atoms with Gasteiger partial charge in [0, 0.05) is 13.5 Å². The molecule has 7 heteroatoms. The summed E-state index contributed by atoms with van der Waals surface area (Å²) in [5, 5.41) is 2.71. The Morgan fingerprint density at radius 2 is 2.00 bits per heavy atom. The van der Waals surface area contributed by atoms with E-state index in [1.54, 1.807) is 19.1 Å². The van der Waals surface area contributed by atoms with E-state index in [2.05, 4.69) is 10.0 Å². The molecule has 0 aliphatic carbocycles. The van der Waals surface area contributed by atoms with Gasteiger partial charge in [-0.25, -0.2) is 13.1 Å². The largest absolute Gasteiger partial charge is 0.492 e. The van der Waals surface area contributed by atoms with E-state index in [0.29, 0.717) is 31.0 Å². The molecule has 6 nitrogen and oxygen atoms in total. The van der Waals surface area contributed by atoms with E-state index < -0.39 is 10.0 Å². The predicted octanol–water partition coefficient (Wildman–Crippen LogP) is 1.53. The molecule has 1 rings (SSSR count). The van der Waals surface area contributed by atoms with E-state index >= 15 is 0 Å². The van der Waals surface area contributed by atoms with E-state index in [1.165, 1.54) is 6.92 Å². The van der Waals surface area contributed by atoms with Crippen molar-refractivity contribution in [3.8, 4) is 5.75 Å². The Morgan fingerprint density at radius 1 is 1.29 bits per heavy atom. The molecule has 118 valence electrons. The van der Waals surface area contributed by atoms with Gasteiger partial charge in [-0.1, -0.05) is 6.07 Å². The maximum absolute atomic E-state index is 11.4. The lowest BCUT2D eigenvalue weighted by Gasteiger charge is -2.12. The summed E-state index contributed by atoms with van der Waals surface area (Å²) in [5.74, 6) is 0.485. The molecule has 0 saturated carbocycles. The molecule has 21 heavy (non-hydrogen) atoms. The fourth-order valence-electron chi connectivity index (χ4n) is 1.75. The number of rotatable bonds is 8. The summed E-state index contributed by atoms with van der Waals surface area (Å²) in [7, 11) is -3.18. The smallest absolute Gasteiger partial charge is 0.221 e. The molecule has 0 aliphatic rings. The normalized spacial score (nSPS) is 11.2. The van der Waals surface area contributed by atoms with Crippen LogP contribution in [0.4, 0.5) is 5.69 Å². The molecule has 0 aromatic heterocycles. The minimum absolute atomic E-state index is 0.0629. The molecule has 0 saturated heterocycles. The molecule has 0 aliphatic heterocycles. The fourth-order valence-corrected chi connectivity index (χ4v) is 2.37. The first-order chi connectivity index (χ1) is 9.88. The van der Waals surface area contributed by atoms with Crippen molar-refractivity contribution in [1.29, 1.82) is 0 Å². The van der Waals surface area contributed by atoms with Crippen molar-refractivity contribution in [2.45, 2.75) is 27.2 Å². The van der Waals surface area contributed by atoms with Crippen molar-refractivity contribution >= 4 is 21.6 Å². The van der Waals surface area contributed by atoms with Gasteiger partial charge >= 0.3 is 0 Å². The second-order valence-electron chi connectivity index (χ2n) is 4.49. The summed E-state index contributed by atoms with van der Waals surface area (Å²) < 4.78 is 30.7. The Balaban J connectivity index is 2.77. The number of anilines is 1. The van der Waals surface area contributed by atoms with Gasteiger partial charge in [-0.05, 0) is 38.0 Å². The third-order valence-electron chi connectivity index (χ3n) is 2.77. The third kappa shape index (κ3) is 6.14. The third-order valence-corrected chi connectivity index (χ3v) is 4.17. The molecule has 0 atom stereocenters. The van der Waals surface area contributed by atoms with Crippen molar-refractivity contribution < 1.29 is 17.9 Å². The number of hydrogen-bond acceptors (Lipinski definition) is 4. The first kappa shape index (κ1) is 17.5. The summed E-state index contributed by atoms with van der Waals surface area (Å²) in [6.07, 6.45) is 0.540. The molecule has 2 N–H and O–H groups in total. The van der Waals surface area contributed by atoms with E-state index in [4.69, 9.17) is 4.74 Å². The van der Waals surface area contributed by atoms with Crippen LogP contribution >= 0.6 is 0 Å². The Hall–Kier alpha value is -1.60. The SMILES string of the molecule is CCOc1ccc(CCNS(=O)(=O)CC)cc1NC(C)=O.